The number of halogens is 3. The van der Waals surface area contributed by atoms with Crippen LogP contribution in [0.25, 0.3) is 0 Å². The van der Waals surface area contributed by atoms with Crippen molar-refractivity contribution in [2.45, 2.75) is 72.1 Å². The van der Waals surface area contributed by atoms with Crippen LogP contribution in [0.1, 0.15) is 65.7 Å². The first-order valence-electron chi connectivity index (χ1n) is 13.0. The molecule has 1 aromatic carbocycles. The summed E-state index contributed by atoms with van der Waals surface area (Å²) in [4.78, 5) is 28.5. The number of fused-ring (bicyclic) bond motifs is 5. The Kier molecular flexibility index (Phi) is 5.95. The maximum atomic E-state index is 13.4. The van der Waals surface area contributed by atoms with E-state index >= 15 is 0 Å². The number of para-hydroxylation sites is 2. The molecule has 36 heavy (non-hydrogen) atoms. The zero-order valence-corrected chi connectivity index (χ0v) is 21.4. The third-order valence-corrected chi connectivity index (χ3v) is 9.80. The van der Waals surface area contributed by atoms with Crippen LogP contribution in [0.3, 0.4) is 0 Å². The van der Waals surface area contributed by atoms with E-state index < -0.39 is 23.9 Å². The molecule has 2 saturated carbocycles. The highest BCUT2D eigenvalue weighted by atomic mass is 19.4. The normalized spacial score (nSPS) is 36.2. The first-order valence-corrected chi connectivity index (χ1v) is 13.0. The van der Waals surface area contributed by atoms with Gasteiger partial charge in [0.2, 0.25) is 11.8 Å². The third-order valence-electron chi connectivity index (χ3n) is 9.80. The minimum absolute atomic E-state index is 0.0983. The van der Waals surface area contributed by atoms with Crippen LogP contribution in [0, 0.1) is 34.5 Å². The van der Waals surface area contributed by atoms with Crippen molar-refractivity contribution in [2.75, 3.05) is 12.4 Å². The van der Waals surface area contributed by atoms with Crippen LogP contribution in [-0.4, -0.2) is 30.1 Å². The van der Waals surface area contributed by atoms with Crippen LogP contribution in [0.15, 0.2) is 35.5 Å². The first-order chi connectivity index (χ1) is 16.8. The highest BCUT2D eigenvalue weighted by Crippen LogP contribution is 2.66. The predicted molar refractivity (Wildman–Crippen MR) is 130 cm³/mol. The number of carbonyl (C=O) groups excluding carboxylic acids is 2. The van der Waals surface area contributed by atoms with Gasteiger partial charge in [-0.15, -0.1) is 13.2 Å². The van der Waals surface area contributed by atoms with E-state index in [1.165, 1.54) is 43.0 Å². The van der Waals surface area contributed by atoms with Gasteiger partial charge in [-0.2, -0.15) is 0 Å². The lowest BCUT2D eigenvalue weighted by atomic mass is 9.48. The molecule has 1 aliphatic heterocycles. The number of anilines is 1. The fourth-order valence-corrected chi connectivity index (χ4v) is 8.45. The third kappa shape index (κ3) is 4.01. The highest BCUT2D eigenvalue weighted by Gasteiger charge is 2.60. The van der Waals surface area contributed by atoms with E-state index in [1.807, 2.05) is 0 Å². The number of piperidine rings is 1. The summed E-state index contributed by atoms with van der Waals surface area (Å²) in [5.74, 6) is -0.814. The molecule has 0 radical (unpaired) electrons. The average molecular weight is 505 g/mol. The SMILES string of the molecule is CC1=C2N(C)C(=O)C(C(=O)Nc3ccccc3OC(F)(F)F)C[C@]2(C)[C@@H]2CC[C@]3(C)CCC[C@H]3[C@@H]2C1. The number of benzene rings is 1. The highest BCUT2D eigenvalue weighted by molar-refractivity contribution is 6.08. The summed E-state index contributed by atoms with van der Waals surface area (Å²) in [5.41, 5.74) is 2.21. The summed E-state index contributed by atoms with van der Waals surface area (Å²) in [6, 6.07) is 5.42. The van der Waals surface area contributed by atoms with Gasteiger partial charge in [0, 0.05) is 18.2 Å². The van der Waals surface area contributed by atoms with E-state index in [2.05, 4.69) is 30.8 Å². The van der Waals surface area contributed by atoms with Crippen molar-refractivity contribution in [3.63, 3.8) is 0 Å². The number of hydrogen-bond donors (Lipinski definition) is 1. The van der Waals surface area contributed by atoms with Crippen molar-refractivity contribution in [1.29, 1.82) is 0 Å². The molecule has 5 rings (SSSR count). The molecule has 6 atom stereocenters. The topological polar surface area (TPSA) is 58.6 Å². The van der Waals surface area contributed by atoms with Crippen LogP contribution in [-0.2, 0) is 9.59 Å². The van der Waals surface area contributed by atoms with Crippen molar-refractivity contribution in [2.24, 2.45) is 34.5 Å². The zero-order valence-electron chi connectivity index (χ0n) is 21.4. The number of likely N-dealkylation sites (tertiary alicyclic amines) is 1. The summed E-state index contributed by atoms with van der Waals surface area (Å²) < 4.78 is 42.7. The Morgan fingerprint density at radius 3 is 2.58 bits per heavy atom. The molecular weight excluding hydrogens is 469 g/mol. The predicted octanol–water partition coefficient (Wildman–Crippen LogP) is 6.52. The number of rotatable bonds is 3. The van der Waals surface area contributed by atoms with Gasteiger partial charge in [-0.3, -0.25) is 9.59 Å². The fraction of sp³-hybridized carbons (Fsp3) is 0.643. The second kappa shape index (κ2) is 8.52. The Bertz CT molecular complexity index is 1120. The molecule has 8 heteroatoms. The van der Waals surface area contributed by atoms with Crippen LogP contribution < -0.4 is 10.1 Å². The minimum Gasteiger partial charge on any atom is -0.404 e. The number of hydrogen-bond acceptors (Lipinski definition) is 3. The van der Waals surface area contributed by atoms with E-state index in [4.69, 9.17) is 0 Å². The number of carbonyl (C=O) groups is 2. The molecule has 2 amide bonds. The standard InChI is InChI=1S/C28H35F3N2O3/c1-16-14-17-19-8-7-12-26(19,2)13-11-20(17)27(3)15-18(25(35)33(4)23(16)27)24(34)32-21-9-5-6-10-22(21)36-28(29,30)31/h5-6,9-10,17-20H,7-8,11-15H2,1-4H3,(H,32,34)/t17-,18?,19-,20+,26-,27+/m0/s1. The Morgan fingerprint density at radius 1 is 1.14 bits per heavy atom. The lowest BCUT2D eigenvalue weighted by Gasteiger charge is -2.59. The molecule has 1 unspecified atom stereocenters. The van der Waals surface area contributed by atoms with Gasteiger partial charge in [0.25, 0.3) is 0 Å². The number of nitrogens with zero attached hydrogens (tertiary/aromatic N) is 1. The summed E-state index contributed by atoms with van der Waals surface area (Å²) in [5, 5.41) is 2.57. The molecule has 0 aromatic heterocycles. The summed E-state index contributed by atoms with van der Waals surface area (Å²) in [7, 11) is 1.74. The molecule has 4 aliphatic rings. The van der Waals surface area contributed by atoms with E-state index in [-0.39, 0.29) is 17.0 Å². The van der Waals surface area contributed by atoms with E-state index in [0.717, 1.165) is 31.0 Å². The Labute approximate surface area is 210 Å². The van der Waals surface area contributed by atoms with Crippen molar-refractivity contribution in [3.05, 3.63) is 35.5 Å². The van der Waals surface area contributed by atoms with Gasteiger partial charge in [-0.25, -0.2) is 0 Å². The van der Waals surface area contributed by atoms with E-state index in [1.54, 1.807) is 11.9 Å². The molecule has 1 heterocycles. The second-order valence-electron chi connectivity index (χ2n) is 11.9. The molecule has 5 nitrogen and oxygen atoms in total. The Morgan fingerprint density at radius 2 is 1.86 bits per heavy atom. The minimum atomic E-state index is -4.89. The van der Waals surface area contributed by atoms with Crippen LogP contribution in [0.4, 0.5) is 18.9 Å². The quantitative estimate of drug-likeness (QED) is 0.477. The lowest BCUT2D eigenvalue weighted by molar-refractivity contribution is -0.274. The number of allylic oxidation sites excluding steroid dienone is 2. The molecule has 0 spiro atoms. The van der Waals surface area contributed by atoms with Gasteiger partial charge in [0.1, 0.15) is 5.92 Å². The van der Waals surface area contributed by atoms with Crippen molar-refractivity contribution in [1.82, 2.24) is 4.90 Å². The van der Waals surface area contributed by atoms with Crippen molar-refractivity contribution < 1.29 is 27.5 Å². The van der Waals surface area contributed by atoms with Crippen LogP contribution in [0.5, 0.6) is 5.75 Å². The molecule has 196 valence electrons. The largest absolute Gasteiger partial charge is 0.573 e. The van der Waals surface area contributed by atoms with Crippen LogP contribution in [0.2, 0.25) is 0 Å². The zero-order chi connectivity index (χ0) is 26.0. The molecule has 3 fully saturated rings. The summed E-state index contributed by atoms with van der Waals surface area (Å²) in [6.07, 6.45) is 2.48. The van der Waals surface area contributed by atoms with Crippen molar-refractivity contribution >= 4 is 17.5 Å². The van der Waals surface area contributed by atoms with Gasteiger partial charge >= 0.3 is 6.36 Å². The molecule has 1 aromatic rings. The average Bonchev–Trinajstić information content (AvgIpc) is 3.18. The van der Waals surface area contributed by atoms with Gasteiger partial charge < -0.3 is 15.0 Å². The Hall–Kier alpha value is -2.51. The molecule has 0 bridgehead atoms. The van der Waals surface area contributed by atoms with E-state index in [9.17, 15) is 22.8 Å². The van der Waals surface area contributed by atoms with Gasteiger partial charge in [-0.05, 0) is 80.8 Å². The lowest BCUT2D eigenvalue weighted by Crippen LogP contribution is -2.57. The first kappa shape index (κ1) is 25.2. The number of ether oxygens (including phenoxy) is 1. The molecule has 3 aliphatic carbocycles. The summed E-state index contributed by atoms with van der Waals surface area (Å²) >= 11 is 0. The molecule has 1 saturated heterocycles. The molecule has 1 N–H and O–H groups in total. The Balaban J connectivity index is 1.45. The van der Waals surface area contributed by atoms with Gasteiger partial charge in [-0.1, -0.05) is 38.0 Å². The maximum absolute atomic E-state index is 13.4. The monoisotopic (exact) mass is 504 g/mol. The smallest absolute Gasteiger partial charge is 0.404 e. The van der Waals surface area contributed by atoms with Gasteiger partial charge in [0.05, 0.1) is 5.69 Å². The van der Waals surface area contributed by atoms with Crippen LogP contribution >= 0.6 is 0 Å². The van der Waals surface area contributed by atoms with E-state index in [0.29, 0.717) is 29.6 Å². The fourth-order valence-electron chi connectivity index (χ4n) is 8.45. The number of amides is 2. The maximum Gasteiger partial charge on any atom is 0.573 e. The summed E-state index contributed by atoms with van der Waals surface area (Å²) in [6.45, 7) is 6.76. The van der Waals surface area contributed by atoms with Gasteiger partial charge in [0.15, 0.2) is 5.75 Å². The second-order valence-corrected chi connectivity index (χ2v) is 11.9. The molecular formula is C28H35F3N2O3. The number of nitrogens with one attached hydrogen (secondary N) is 1. The number of alkyl halides is 3. The van der Waals surface area contributed by atoms with Crippen molar-refractivity contribution in [3.8, 4) is 5.75 Å².